The SMILES string of the molecule is C=C(C)CCC(NCCC)C1(N(C)C)CCCC1. The van der Waals surface area contributed by atoms with Crippen LogP contribution < -0.4 is 5.32 Å². The highest BCUT2D eigenvalue weighted by molar-refractivity contribution is 5.03. The van der Waals surface area contributed by atoms with Crippen molar-refractivity contribution in [2.75, 3.05) is 20.6 Å². The Kier molecular flexibility index (Phi) is 6.37. The molecule has 0 aromatic heterocycles. The lowest BCUT2D eigenvalue weighted by Gasteiger charge is -2.44. The molecular weight excluding hydrogens is 220 g/mol. The van der Waals surface area contributed by atoms with E-state index in [0.717, 1.165) is 13.0 Å². The molecule has 1 aliphatic rings. The van der Waals surface area contributed by atoms with Crippen molar-refractivity contribution in [2.24, 2.45) is 0 Å². The zero-order valence-corrected chi connectivity index (χ0v) is 12.9. The minimum atomic E-state index is 0.380. The van der Waals surface area contributed by atoms with Gasteiger partial charge in [0.1, 0.15) is 0 Å². The minimum Gasteiger partial charge on any atom is -0.312 e. The quantitative estimate of drug-likeness (QED) is 0.664. The van der Waals surface area contributed by atoms with Gasteiger partial charge >= 0.3 is 0 Å². The van der Waals surface area contributed by atoms with Gasteiger partial charge in [-0.25, -0.2) is 0 Å². The maximum Gasteiger partial charge on any atom is 0.0356 e. The standard InChI is InChI=1S/C16H32N2/c1-6-13-17-15(10-9-14(2)3)16(18(4)5)11-7-8-12-16/h15,17H,2,6-13H2,1,3-5H3. The molecule has 18 heavy (non-hydrogen) atoms. The summed E-state index contributed by atoms with van der Waals surface area (Å²) in [7, 11) is 4.51. The molecule has 2 heteroatoms. The van der Waals surface area contributed by atoms with Crippen LogP contribution in [0.25, 0.3) is 0 Å². The first kappa shape index (κ1) is 15.7. The Balaban J connectivity index is 2.73. The zero-order chi connectivity index (χ0) is 13.6. The molecule has 1 saturated carbocycles. The van der Waals surface area contributed by atoms with E-state index >= 15 is 0 Å². The molecular formula is C16H32N2. The highest BCUT2D eigenvalue weighted by Crippen LogP contribution is 2.38. The Morgan fingerprint density at radius 2 is 1.94 bits per heavy atom. The fourth-order valence-corrected chi connectivity index (χ4v) is 3.36. The highest BCUT2D eigenvalue weighted by Gasteiger charge is 2.42. The van der Waals surface area contributed by atoms with Crippen LogP contribution in [0.2, 0.25) is 0 Å². The third-order valence-electron chi connectivity index (χ3n) is 4.51. The van der Waals surface area contributed by atoms with Gasteiger partial charge in [0.25, 0.3) is 0 Å². The van der Waals surface area contributed by atoms with Gasteiger partial charge in [-0.1, -0.05) is 25.3 Å². The average molecular weight is 252 g/mol. The normalized spacial score (nSPS) is 20.3. The molecule has 1 N–H and O–H groups in total. The van der Waals surface area contributed by atoms with Crippen molar-refractivity contribution in [3.05, 3.63) is 12.2 Å². The third kappa shape index (κ3) is 3.83. The summed E-state index contributed by atoms with van der Waals surface area (Å²) in [6, 6.07) is 0.617. The predicted octanol–water partition coefficient (Wildman–Crippen LogP) is 3.59. The Morgan fingerprint density at radius 3 is 2.39 bits per heavy atom. The maximum absolute atomic E-state index is 4.06. The second-order valence-corrected chi connectivity index (χ2v) is 6.21. The molecule has 0 bridgehead atoms. The lowest BCUT2D eigenvalue weighted by Crippen LogP contribution is -2.57. The van der Waals surface area contributed by atoms with E-state index < -0.39 is 0 Å². The molecule has 0 amide bonds. The summed E-state index contributed by atoms with van der Waals surface area (Å²) >= 11 is 0. The summed E-state index contributed by atoms with van der Waals surface area (Å²) < 4.78 is 0. The molecule has 0 aliphatic heterocycles. The van der Waals surface area contributed by atoms with Gasteiger partial charge in [-0.15, -0.1) is 6.58 Å². The molecule has 0 heterocycles. The summed E-state index contributed by atoms with van der Waals surface area (Å²) in [5.41, 5.74) is 1.69. The van der Waals surface area contributed by atoms with Gasteiger partial charge in [0.05, 0.1) is 0 Å². The topological polar surface area (TPSA) is 15.3 Å². The van der Waals surface area contributed by atoms with Crippen LogP contribution >= 0.6 is 0 Å². The van der Waals surface area contributed by atoms with E-state index in [1.54, 1.807) is 0 Å². The Bertz CT molecular complexity index is 252. The summed E-state index contributed by atoms with van der Waals surface area (Å²) in [6.45, 7) is 9.59. The second kappa shape index (κ2) is 7.30. The number of nitrogens with zero attached hydrogens (tertiary/aromatic N) is 1. The maximum atomic E-state index is 4.06. The lowest BCUT2D eigenvalue weighted by atomic mass is 9.83. The fourth-order valence-electron chi connectivity index (χ4n) is 3.36. The molecule has 1 unspecified atom stereocenters. The molecule has 1 rings (SSSR count). The van der Waals surface area contributed by atoms with Gasteiger partial charge in [0, 0.05) is 11.6 Å². The van der Waals surface area contributed by atoms with Crippen LogP contribution in [0.4, 0.5) is 0 Å². The molecule has 0 aromatic carbocycles. The molecule has 0 saturated heterocycles. The van der Waals surface area contributed by atoms with Crippen molar-refractivity contribution < 1.29 is 0 Å². The number of likely N-dealkylation sites (N-methyl/N-ethyl adjacent to an activating group) is 1. The first-order valence-corrected chi connectivity index (χ1v) is 7.58. The van der Waals surface area contributed by atoms with E-state index in [1.807, 2.05) is 0 Å². The van der Waals surface area contributed by atoms with Gasteiger partial charge < -0.3 is 10.2 Å². The predicted molar refractivity (Wildman–Crippen MR) is 81.0 cm³/mol. The Hall–Kier alpha value is -0.340. The van der Waals surface area contributed by atoms with E-state index in [2.05, 4.69) is 44.7 Å². The fraction of sp³-hybridized carbons (Fsp3) is 0.875. The first-order valence-electron chi connectivity index (χ1n) is 7.58. The molecule has 1 aliphatic carbocycles. The summed E-state index contributed by atoms with van der Waals surface area (Å²) in [4.78, 5) is 2.48. The van der Waals surface area contributed by atoms with Crippen molar-refractivity contribution in [2.45, 2.75) is 70.4 Å². The summed E-state index contributed by atoms with van der Waals surface area (Å²) in [5, 5.41) is 3.81. The van der Waals surface area contributed by atoms with Gasteiger partial charge in [0.2, 0.25) is 0 Å². The van der Waals surface area contributed by atoms with Crippen molar-refractivity contribution in [3.63, 3.8) is 0 Å². The van der Waals surface area contributed by atoms with Crippen LogP contribution in [0.1, 0.15) is 58.8 Å². The highest BCUT2D eigenvalue weighted by atomic mass is 15.2. The minimum absolute atomic E-state index is 0.380. The first-order chi connectivity index (χ1) is 8.53. The zero-order valence-electron chi connectivity index (χ0n) is 12.9. The molecule has 106 valence electrons. The Morgan fingerprint density at radius 1 is 1.33 bits per heavy atom. The van der Waals surface area contributed by atoms with E-state index in [9.17, 15) is 0 Å². The van der Waals surface area contributed by atoms with Crippen molar-refractivity contribution in [1.29, 1.82) is 0 Å². The monoisotopic (exact) mass is 252 g/mol. The van der Waals surface area contributed by atoms with Crippen molar-refractivity contribution >= 4 is 0 Å². The van der Waals surface area contributed by atoms with Crippen LogP contribution in [0.15, 0.2) is 12.2 Å². The van der Waals surface area contributed by atoms with Gasteiger partial charge in [0.15, 0.2) is 0 Å². The summed E-state index contributed by atoms with van der Waals surface area (Å²) in [6.07, 6.45) is 9.05. The van der Waals surface area contributed by atoms with Crippen molar-refractivity contribution in [1.82, 2.24) is 10.2 Å². The van der Waals surface area contributed by atoms with E-state index in [-0.39, 0.29) is 0 Å². The van der Waals surface area contributed by atoms with E-state index in [0.29, 0.717) is 11.6 Å². The van der Waals surface area contributed by atoms with E-state index in [1.165, 1.54) is 44.1 Å². The van der Waals surface area contributed by atoms with Crippen LogP contribution in [0.3, 0.4) is 0 Å². The third-order valence-corrected chi connectivity index (χ3v) is 4.51. The van der Waals surface area contributed by atoms with Gasteiger partial charge in [-0.05, 0) is 59.7 Å². The average Bonchev–Trinajstić information content (AvgIpc) is 2.79. The smallest absolute Gasteiger partial charge is 0.0356 e. The Labute approximate surface area is 114 Å². The molecule has 0 spiro atoms. The second-order valence-electron chi connectivity index (χ2n) is 6.21. The van der Waals surface area contributed by atoms with E-state index in [4.69, 9.17) is 0 Å². The number of nitrogens with one attached hydrogen (secondary N) is 1. The molecule has 0 aromatic rings. The van der Waals surface area contributed by atoms with Gasteiger partial charge in [-0.3, -0.25) is 0 Å². The molecule has 1 fully saturated rings. The largest absolute Gasteiger partial charge is 0.312 e. The lowest BCUT2D eigenvalue weighted by molar-refractivity contribution is 0.1000. The molecule has 1 atom stereocenters. The van der Waals surface area contributed by atoms with Crippen LogP contribution in [0, 0.1) is 0 Å². The molecule has 2 nitrogen and oxygen atoms in total. The number of hydrogen-bond acceptors (Lipinski definition) is 2. The number of allylic oxidation sites excluding steroid dienone is 1. The van der Waals surface area contributed by atoms with Crippen LogP contribution in [-0.2, 0) is 0 Å². The molecule has 0 radical (unpaired) electrons. The van der Waals surface area contributed by atoms with Crippen molar-refractivity contribution in [3.8, 4) is 0 Å². The number of hydrogen-bond donors (Lipinski definition) is 1. The number of rotatable bonds is 8. The van der Waals surface area contributed by atoms with Crippen LogP contribution in [0.5, 0.6) is 0 Å². The summed E-state index contributed by atoms with van der Waals surface area (Å²) in [5.74, 6) is 0. The van der Waals surface area contributed by atoms with Gasteiger partial charge in [-0.2, -0.15) is 0 Å². The van der Waals surface area contributed by atoms with Crippen LogP contribution in [-0.4, -0.2) is 37.1 Å².